The van der Waals surface area contributed by atoms with E-state index in [4.69, 9.17) is 4.74 Å². The Morgan fingerprint density at radius 2 is 1.78 bits per heavy atom. The lowest BCUT2D eigenvalue weighted by Crippen LogP contribution is -2.44. The molecule has 0 unspecified atom stereocenters. The summed E-state index contributed by atoms with van der Waals surface area (Å²) in [6.07, 6.45) is 1.67. The molecular formula is C20H18N4O3. The van der Waals surface area contributed by atoms with E-state index in [0.717, 1.165) is 11.4 Å². The van der Waals surface area contributed by atoms with Crippen LogP contribution in [0.25, 0.3) is 5.69 Å². The first-order valence-corrected chi connectivity index (χ1v) is 8.65. The van der Waals surface area contributed by atoms with E-state index in [9.17, 15) is 9.59 Å². The van der Waals surface area contributed by atoms with Crippen LogP contribution in [0, 0.1) is 0 Å². The third kappa shape index (κ3) is 3.15. The quantitative estimate of drug-likeness (QED) is 0.722. The van der Waals surface area contributed by atoms with E-state index in [1.807, 2.05) is 47.0 Å². The fourth-order valence-corrected chi connectivity index (χ4v) is 3.04. The largest absolute Gasteiger partial charge is 0.461 e. The zero-order valence-corrected chi connectivity index (χ0v) is 14.8. The Bertz CT molecular complexity index is 997. The van der Waals surface area contributed by atoms with Crippen LogP contribution in [0.4, 0.5) is 5.69 Å². The van der Waals surface area contributed by atoms with Crippen molar-refractivity contribution >= 4 is 17.6 Å². The highest BCUT2D eigenvalue weighted by Gasteiger charge is 2.26. The first-order chi connectivity index (χ1) is 13.2. The summed E-state index contributed by atoms with van der Waals surface area (Å²) in [7, 11) is 0. The van der Waals surface area contributed by atoms with E-state index in [-0.39, 0.29) is 18.2 Å². The number of anilines is 1. The van der Waals surface area contributed by atoms with Crippen molar-refractivity contribution in [2.24, 2.45) is 0 Å². The van der Waals surface area contributed by atoms with Crippen molar-refractivity contribution in [1.29, 1.82) is 0 Å². The van der Waals surface area contributed by atoms with Crippen LogP contribution in [0.5, 0.6) is 0 Å². The number of hydrogen-bond donors (Lipinski definition) is 1. The molecule has 0 fully saturated rings. The molecule has 0 bridgehead atoms. The normalized spacial score (nSPS) is 12.1. The molecule has 0 radical (unpaired) electrons. The summed E-state index contributed by atoms with van der Waals surface area (Å²) in [6.45, 7) is 2.37. The van der Waals surface area contributed by atoms with E-state index < -0.39 is 5.97 Å². The molecule has 3 aromatic rings. The highest BCUT2D eigenvalue weighted by molar-refractivity contribution is 5.95. The number of fused-ring (bicyclic) bond motifs is 3. The molecular weight excluding hydrogens is 344 g/mol. The van der Waals surface area contributed by atoms with Crippen LogP contribution in [0.1, 0.15) is 33.6 Å². The molecule has 136 valence electrons. The number of carbonyl (C=O) groups excluding carboxylic acids is 2. The number of nitrogens with one attached hydrogen (secondary N) is 1. The molecule has 0 atom stereocenters. The average Bonchev–Trinajstić information content (AvgIpc) is 3.13. The molecule has 1 aliphatic rings. The van der Waals surface area contributed by atoms with Gasteiger partial charge in [-0.25, -0.2) is 9.78 Å². The van der Waals surface area contributed by atoms with Gasteiger partial charge < -0.3 is 4.74 Å². The van der Waals surface area contributed by atoms with Crippen molar-refractivity contribution < 1.29 is 14.3 Å². The Morgan fingerprint density at radius 1 is 1.07 bits per heavy atom. The van der Waals surface area contributed by atoms with Crippen molar-refractivity contribution in [3.8, 4) is 5.69 Å². The standard InChI is InChI=1S/C20H18N4O3/c1-2-27-20(26)15-12-23-16-10-6-7-11-17(16)24(13-18(23)21-15)22-19(25)14-8-4-3-5-9-14/h3-12H,2,13H2,1H3,(H,22,25). The predicted octanol–water partition coefficient (Wildman–Crippen LogP) is 2.71. The number of rotatable bonds is 4. The lowest BCUT2D eigenvalue weighted by molar-refractivity contribution is 0.0519. The number of aromatic nitrogens is 2. The molecule has 1 aromatic heterocycles. The number of carbonyl (C=O) groups is 2. The number of benzene rings is 2. The first kappa shape index (κ1) is 16.8. The summed E-state index contributed by atoms with van der Waals surface area (Å²) in [5, 5.41) is 1.74. The Hall–Kier alpha value is -3.61. The molecule has 0 spiro atoms. The summed E-state index contributed by atoms with van der Waals surface area (Å²) in [5.74, 6) is -0.0297. The fourth-order valence-electron chi connectivity index (χ4n) is 3.04. The van der Waals surface area contributed by atoms with E-state index in [1.165, 1.54) is 0 Å². The summed E-state index contributed by atoms with van der Waals surface area (Å²) in [5.41, 5.74) is 5.38. The van der Waals surface area contributed by atoms with E-state index >= 15 is 0 Å². The van der Waals surface area contributed by atoms with Gasteiger partial charge in [0.25, 0.3) is 5.91 Å². The highest BCUT2D eigenvalue weighted by Crippen LogP contribution is 2.30. The van der Waals surface area contributed by atoms with Gasteiger partial charge in [-0.15, -0.1) is 0 Å². The van der Waals surface area contributed by atoms with Gasteiger partial charge in [-0.05, 0) is 31.2 Å². The molecule has 2 heterocycles. The zero-order valence-electron chi connectivity index (χ0n) is 14.8. The lowest BCUT2D eigenvalue weighted by Gasteiger charge is -2.31. The predicted molar refractivity (Wildman–Crippen MR) is 99.6 cm³/mol. The number of imidazole rings is 1. The number of para-hydroxylation sites is 2. The number of nitrogens with zero attached hydrogens (tertiary/aromatic N) is 3. The van der Waals surface area contributed by atoms with Crippen LogP contribution in [-0.4, -0.2) is 28.0 Å². The summed E-state index contributed by atoms with van der Waals surface area (Å²) >= 11 is 0. The minimum Gasteiger partial charge on any atom is -0.461 e. The minimum atomic E-state index is -0.461. The second-order valence-corrected chi connectivity index (χ2v) is 6.01. The van der Waals surface area contributed by atoms with Crippen LogP contribution >= 0.6 is 0 Å². The molecule has 0 saturated carbocycles. The average molecular weight is 362 g/mol. The van der Waals surface area contributed by atoms with Crippen LogP contribution < -0.4 is 10.4 Å². The van der Waals surface area contributed by atoms with Gasteiger partial charge in [0, 0.05) is 11.8 Å². The third-order valence-electron chi connectivity index (χ3n) is 4.27. The smallest absolute Gasteiger partial charge is 0.358 e. The Kier molecular flexibility index (Phi) is 4.33. The Labute approximate surface area is 156 Å². The third-order valence-corrected chi connectivity index (χ3v) is 4.27. The van der Waals surface area contributed by atoms with Gasteiger partial charge in [0.2, 0.25) is 0 Å². The summed E-state index contributed by atoms with van der Waals surface area (Å²) in [4.78, 5) is 29.0. The van der Waals surface area contributed by atoms with Crippen LogP contribution in [0.2, 0.25) is 0 Å². The number of hydrazine groups is 1. The van der Waals surface area contributed by atoms with Gasteiger partial charge in [0.1, 0.15) is 5.82 Å². The topological polar surface area (TPSA) is 76.5 Å². The zero-order chi connectivity index (χ0) is 18.8. The van der Waals surface area contributed by atoms with Gasteiger partial charge in [-0.1, -0.05) is 30.3 Å². The molecule has 7 nitrogen and oxygen atoms in total. The van der Waals surface area contributed by atoms with Gasteiger partial charge in [-0.2, -0.15) is 0 Å². The van der Waals surface area contributed by atoms with Crippen LogP contribution in [-0.2, 0) is 11.3 Å². The van der Waals surface area contributed by atoms with E-state index in [1.54, 1.807) is 30.3 Å². The van der Waals surface area contributed by atoms with Crippen LogP contribution in [0.15, 0.2) is 60.8 Å². The van der Waals surface area contributed by atoms with Crippen molar-refractivity contribution in [3.05, 3.63) is 77.9 Å². The molecule has 2 aromatic carbocycles. The second kappa shape index (κ2) is 6.95. The minimum absolute atomic E-state index is 0.212. The maximum absolute atomic E-state index is 12.6. The fraction of sp³-hybridized carbons (Fsp3) is 0.150. The highest BCUT2D eigenvalue weighted by atomic mass is 16.5. The lowest BCUT2D eigenvalue weighted by atomic mass is 10.2. The SMILES string of the molecule is CCOC(=O)c1cn2c(n1)CN(NC(=O)c1ccccc1)c1ccccc1-2. The van der Waals surface area contributed by atoms with Crippen molar-refractivity contribution in [2.45, 2.75) is 13.5 Å². The molecule has 7 heteroatoms. The van der Waals surface area contributed by atoms with Crippen molar-refractivity contribution in [3.63, 3.8) is 0 Å². The number of hydrogen-bond acceptors (Lipinski definition) is 5. The monoisotopic (exact) mass is 362 g/mol. The summed E-state index contributed by atoms with van der Waals surface area (Å²) < 4.78 is 6.90. The molecule has 0 aliphatic carbocycles. The van der Waals surface area contributed by atoms with Crippen molar-refractivity contribution in [1.82, 2.24) is 15.0 Å². The maximum Gasteiger partial charge on any atom is 0.358 e. The molecule has 4 rings (SSSR count). The maximum atomic E-state index is 12.6. The summed E-state index contributed by atoms with van der Waals surface area (Å²) in [6, 6.07) is 16.6. The number of esters is 1. The van der Waals surface area contributed by atoms with Gasteiger partial charge in [0.15, 0.2) is 5.69 Å². The number of amides is 1. The molecule has 27 heavy (non-hydrogen) atoms. The number of ether oxygens (including phenoxy) is 1. The van der Waals surface area contributed by atoms with Crippen molar-refractivity contribution in [2.75, 3.05) is 11.6 Å². The van der Waals surface area contributed by atoms with Gasteiger partial charge >= 0.3 is 5.97 Å². The second-order valence-electron chi connectivity index (χ2n) is 6.01. The molecule has 1 amide bonds. The Morgan fingerprint density at radius 3 is 2.52 bits per heavy atom. The molecule has 0 saturated heterocycles. The van der Waals surface area contributed by atoms with Gasteiger partial charge in [0.05, 0.1) is 24.5 Å². The van der Waals surface area contributed by atoms with E-state index in [0.29, 0.717) is 17.9 Å². The Balaban J connectivity index is 1.67. The van der Waals surface area contributed by atoms with Gasteiger partial charge in [-0.3, -0.25) is 19.8 Å². The first-order valence-electron chi connectivity index (χ1n) is 8.65. The van der Waals surface area contributed by atoms with Crippen LogP contribution in [0.3, 0.4) is 0 Å². The van der Waals surface area contributed by atoms with E-state index in [2.05, 4.69) is 10.4 Å². The molecule has 1 N–H and O–H groups in total. The molecule has 1 aliphatic heterocycles.